The number of quaternary nitrogens is 1. The van der Waals surface area contributed by atoms with Gasteiger partial charge in [-0.2, -0.15) is 0 Å². The van der Waals surface area contributed by atoms with Crippen molar-refractivity contribution in [2.45, 2.75) is 19.8 Å². The van der Waals surface area contributed by atoms with Gasteiger partial charge in [0.1, 0.15) is 11.5 Å². The fourth-order valence-electron chi connectivity index (χ4n) is 4.32. The van der Waals surface area contributed by atoms with Crippen molar-refractivity contribution in [1.82, 2.24) is 4.90 Å². The lowest BCUT2D eigenvalue weighted by Crippen LogP contribution is -2.60. The quantitative estimate of drug-likeness (QED) is 0.791. The van der Waals surface area contributed by atoms with Crippen LogP contribution in [-0.2, 0) is 4.79 Å². The van der Waals surface area contributed by atoms with E-state index in [0.29, 0.717) is 0 Å². The van der Waals surface area contributed by atoms with Crippen LogP contribution in [0.1, 0.15) is 30.9 Å². The zero-order valence-electron chi connectivity index (χ0n) is 15.6. The summed E-state index contributed by atoms with van der Waals surface area (Å²) in [7, 11) is 0. The largest absolute Gasteiger partial charge is 0.457 e. The number of hydrogen-bond donors (Lipinski definition) is 0. The van der Waals surface area contributed by atoms with Gasteiger partial charge in [0.2, 0.25) is 5.91 Å². The maximum atomic E-state index is 13.5. The third-order valence-electron chi connectivity index (χ3n) is 6.27. The minimum Gasteiger partial charge on any atom is -0.457 e. The predicted octanol–water partition coefficient (Wildman–Crippen LogP) is 3.62. The first-order valence-corrected chi connectivity index (χ1v) is 9.67. The second-order valence-electron chi connectivity index (χ2n) is 7.36. The van der Waals surface area contributed by atoms with Crippen LogP contribution in [0, 0.1) is 0 Å². The van der Waals surface area contributed by atoms with Crippen LogP contribution in [-0.4, -0.2) is 54.6 Å². The van der Waals surface area contributed by atoms with Crippen LogP contribution in [0.3, 0.4) is 0 Å². The number of hydrogen-bond acceptors (Lipinski definition) is 2. The van der Waals surface area contributed by atoms with Gasteiger partial charge in [0.05, 0.1) is 45.2 Å². The van der Waals surface area contributed by atoms with Crippen LogP contribution in [0.15, 0.2) is 48.5 Å². The van der Waals surface area contributed by atoms with Crippen molar-refractivity contribution in [3.8, 4) is 11.5 Å². The summed E-state index contributed by atoms with van der Waals surface area (Å²) in [6.07, 6.45) is 0. The minimum absolute atomic E-state index is 0.207. The van der Waals surface area contributed by atoms with E-state index in [9.17, 15) is 4.79 Å². The molecule has 2 aromatic carbocycles. The van der Waals surface area contributed by atoms with Gasteiger partial charge in [-0.05, 0) is 26.0 Å². The molecule has 4 nitrogen and oxygen atoms in total. The molecule has 0 atom stereocenters. The molecule has 2 aliphatic rings. The Bertz CT molecular complexity index is 758. The Morgan fingerprint density at radius 1 is 0.962 bits per heavy atom. The monoisotopic (exact) mass is 351 g/mol. The molecule has 0 bridgehead atoms. The smallest absolute Gasteiger partial charge is 0.235 e. The van der Waals surface area contributed by atoms with Gasteiger partial charge in [0, 0.05) is 11.1 Å². The lowest BCUT2D eigenvalue weighted by molar-refractivity contribution is -0.928. The SMILES string of the molecule is CC[N+]1(CC)CCN(C(=O)C2c3ccccc3Oc3ccccc32)CC1. The van der Waals surface area contributed by atoms with Crippen molar-refractivity contribution in [3.05, 3.63) is 59.7 Å². The average Bonchev–Trinajstić information content (AvgIpc) is 2.71. The average molecular weight is 351 g/mol. The van der Waals surface area contributed by atoms with Gasteiger partial charge in [-0.1, -0.05) is 36.4 Å². The highest BCUT2D eigenvalue weighted by molar-refractivity contribution is 5.89. The second-order valence-corrected chi connectivity index (χ2v) is 7.36. The molecule has 1 amide bonds. The Morgan fingerprint density at radius 2 is 1.46 bits per heavy atom. The molecule has 0 unspecified atom stereocenters. The van der Waals surface area contributed by atoms with Gasteiger partial charge in [-0.3, -0.25) is 4.79 Å². The minimum atomic E-state index is -0.264. The molecule has 0 saturated carbocycles. The van der Waals surface area contributed by atoms with Gasteiger partial charge in [-0.15, -0.1) is 0 Å². The summed E-state index contributed by atoms with van der Waals surface area (Å²) >= 11 is 0. The lowest BCUT2D eigenvalue weighted by Gasteiger charge is -2.44. The summed E-state index contributed by atoms with van der Waals surface area (Å²) in [5, 5.41) is 0. The first-order valence-electron chi connectivity index (χ1n) is 9.67. The van der Waals surface area contributed by atoms with Crippen molar-refractivity contribution < 1.29 is 14.0 Å². The number of piperazine rings is 1. The third kappa shape index (κ3) is 2.78. The van der Waals surface area contributed by atoms with Crippen LogP contribution in [0.25, 0.3) is 0 Å². The van der Waals surface area contributed by atoms with E-state index >= 15 is 0 Å². The van der Waals surface area contributed by atoms with E-state index in [1.54, 1.807) is 0 Å². The third-order valence-corrected chi connectivity index (χ3v) is 6.27. The molecule has 2 heterocycles. The molecule has 136 valence electrons. The second kappa shape index (κ2) is 6.76. The molecule has 0 radical (unpaired) electrons. The summed E-state index contributed by atoms with van der Waals surface area (Å²) in [4.78, 5) is 15.6. The van der Waals surface area contributed by atoms with E-state index in [1.165, 1.54) is 0 Å². The van der Waals surface area contributed by atoms with Gasteiger partial charge >= 0.3 is 0 Å². The molecule has 1 fully saturated rings. The highest BCUT2D eigenvalue weighted by atomic mass is 16.5. The zero-order valence-corrected chi connectivity index (χ0v) is 15.6. The van der Waals surface area contributed by atoms with Crippen LogP contribution >= 0.6 is 0 Å². The number of rotatable bonds is 3. The van der Waals surface area contributed by atoms with Crippen LogP contribution in [0.4, 0.5) is 0 Å². The number of nitrogens with zero attached hydrogens (tertiary/aromatic N) is 2. The Kier molecular flexibility index (Phi) is 4.45. The summed E-state index contributed by atoms with van der Waals surface area (Å²) < 4.78 is 7.16. The van der Waals surface area contributed by atoms with E-state index in [2.05, 4.69) is 18.7 Å². The molecule has 2 aromatic rings. The van der Waals surface area contributed by atoms with E-state index < -0.39 is 0 Å². The zero-order chi connectivity index (χ0) is 18.1. The fourth-order valence-corrected chi connectivity index (χ4v) is 4.32. The molecular weight excluding hydrogens is 324 g/mol. The van der Waals surface area contributed by atoms with E-state index in [4.69, 9.17) is 4.74 Å². The Labute approximate surface area is 155 Å². The summed E-state index contributed by atoms with van der Waals surface area (Å²) in [6.45, 7) is 10.6. The number of carbonyl (C=O) groups excluding carboxylic acids is 1. The Hall–Kier alpha value is -2.33. The van der Waals surface area contributed by atoms with Gasteiger partial charge in [-0.25, -0.2) is 0 Å². The predicted molar refractivity (Wildman–Crippen MR) is 102 cm³/mol. The van der Waals surface area contributed by atoms with Crippen LogP contribution in [0.5, 0.6) is 11.5 Å². The number of para-hydroxylation sites is 2. The van der Waals surface area contributed by atoms with Gasteiger partial charge < -0.3 is 14.1 Å². The summed E-state index contributed by atoms with van der Waals surface area (Å²) in [5.41, 5.74) is 1.96. The fraction of sp³-hybridized carbons (Fsp3) is 0.409. The first kappa shape index (κ1) is 17.1. The topological polar surface area (TPSA) is 29.5 Å². The number of fused-ring (bicyclic) bond motifs is 2. The number of likely N-dealkylation sites (N-methyl/N-ethyl adjacent to an activating group) is 1. The molecule has 0 N–H and O–H groups in total. The van der Waals surface area contributed by atoms with Gasteiger partial charge in [0.15, 0.2) is 0 Å². The summed E-state index contributed by atoms with van der Waals surface area (Å²) in [5.74, 6) is 1.54. The molecule has 2 aliphatic heterocycles. The van der Waals surface area contributed by atoms with Crippen molar-refractivity contribution >= 4 is 5.91 Å². The lowest BCUT2D eigenvalue weighted by atomic mass is 9.86. The number of amides is 1. The highest BCUT2D eigenvalue weighted by Gasteiger charge is 2.38. The first-order chi connectivity index (χ1) is 12.7. The van der Waals surface area contributed by atoms with Crippen molar-refractivity contribution in [2.75, 3.05) is 39.3 Å². The summed E-state index contributed by atoms with van der Waals surface area (Å²) in [6, 6.07) is 15.9. The van der Waals surface area contributed by atoms with Crippen molar-refractivity contribution in [2.24, 2.45) is 0 Å². The number of carbonyl (C=O) groups is 1. The number of ether oxygens (including phenoxy) is 1. The van der Waals surface area contributed by atoms with Crippen LogP contribution < -0.4 is 4.74 Å². The highest BCUT2D eigenvalue weighted by Crippen LogP contribution is 2.44. The van der Waals surface area contributed by atoms with Crippen molar-refractivity contribution in [1.29, 1.82) is 0 Å². The van der Waals surface area contributed by atoms with Crippen molar-refractivity contribution in [3.63, 3.8) is 0 Å². The molecule has 4 rings (SSSR count). The van der Waals surface area contributed by atoms with Gasteiger partial charge in [0.25, 0.3) is 0 Å². The molecule has 26 heavy (non-hydrogen) atoms. The molecule has 0 aromatic heterocycles. The molecule has 0 spiro atoms. The molecular formula is C22H27N2O2+. The van der Waals surface area contributed by atoms with E-state index in [1.807, 2.05) is 48.5 Å². The molecule has 4 heteroatoms. The standard InChI is InChI=1S/C22H27N2O2/c1-3-24(4-2)15-13-23(14-16-24)22(25)21-17-9-5-7-11-19(17)26-20-12-8-6-10-18(20)21/h5-12,21H,3-4,13-16H2,1-2H3/q+1. The maximum absolute atomic E-state index is 13.5. The van der Waals surface area contributed by atoms with E-state index in [-0.39, 0.29) is 11.8 Å². The normalized spacial score (nSPS) is 18.6. The Balaban J connectivity index is 1.65. The Morgan fingerprint density at radius 3 is 1.96 bits per heavy atom. The van der Waals surface area contributed by atoms with E-state index in [0.717, 1.165) is 66.4 Å². The van der Waals surface area contributed by atoms with Crippen LogP contribution in [0.2, 0.25) is 0 Å². The molecule has 1 saturated heterocycles. The maximum Gasteiger partial charge on any atom is 0.235 e. The molecule has 0 aliphatic carbocycles. The number of benzene rings is 2.